The SMILES string of the molecule is CNS(=O)(=O)c1cccc(Nc2cc(Nc3ccc(NC(C)=O)cc3)ncn2)c1. The second-order valence-corrected chi connectivity index (χ2v) is 7.92. The van der Waals surface area contributed by atoms with Gasteiger partial charge in [0.15, 0.2) is 0 Å². The Morgan fingerprint density at radius 1 is 0.862 bits per heavy atom. The molecule has 0 fully saturated rings. The van der Waals surface area contributed by atoms with Crippen molar-refractivity contribution in [2.45, 2.75) is 11.8 Å². The van der Waals surface area contributed by atoms with Crippen molar-refractivity contribution < 1.29 is 13.2 Å². The normalized spacial score (nSPS) is 11.0. The summed E-state index contributed by atoms with van der Waals surface area (Å²) in [6, 6.07) is 15.3. The average molecular weight is 412 g/mol. The molecule has 150 valence electrons. The lowest BCUT2D eigenvalue weighted by molar-refractivity contribution is -0.114. The quantitative estimate of drug-likeness (QED) is 0.470. The lowest BCUT2D eigenvalue weighted by atomic mass is 10.2. The van der Waals surface area contributed by atoms with E-state index in [1.54, 1.807) is 30.3 Å². The van der Waals surface area contributed by atoms with Crippen LogP contribution >= 0.6 is 0 Å². The molecule has 0 aliphatic heterocycles. The molecule has 0 spiro atoms. The van der Waals surface area contributed by atoms with E-state index in [9.17, 15) is 13.2 Å². The predicted octanol–water partition coefficient (Wildman–Crippen LogP) is 2.83. The summed E-state index contributed by atoms with van der Waals surface area (Å²) < 4.78 is 26.2. The van der Waals surface area contributed by atoms with Gasteiger partial charge >= 0.3 is 0 Å². The zero-order chi connectivity index (χ0) is 20.9. The summed E-state index contributed by atoms with van der Waals surface area (Å²) in [5, 5.41) is 8.91. The lowest BCUT2D eigenvalue weighted by Gasteiger charge is -2.10. The van der Waals surface area contributed by atoms with Crippen molar-refractivity contribution in [1.82, 2.24) is 14.7 Å². The summed E-state index contributed by atoms with van der Waals surface area (Å²) in [7, 11) is -2.17. The van der Waals surface area contributed by atoms with Crippen LogP contribution < -0.4 is 20.7 Å². The van der Waals surface area contributed by atoms with Crippen LogP contribution in [0, 0.1) is 0 Å². The first-order valence-electron chi connectivity index (χ1n) is 8.63. The van der Waals surface area contributed by atoms with E-state index in [0.717, 1.165) is 5.69 Å². The van der Waals surface area contributed by atoms with Gasteiger partial charge in [0.2, 0.25) is 15.9 Å². The van der Waals surface area contributed by atoms with Crippen LogP contribution in [0.5, 0.6) is 0 Å². The van der Waals surface area contributed by atoms with Gasteiger partial charge in [-0.25, -0.2) is 23.1 Å². The lowest BCUT2D eigenvalue weighted by Crippen LogP contribution is -2.18. The molecule has 3 rings (SSSR count). The Bertz CT molecular complexity index is 1120. The fourth-order valence-electron chi connectivity index (χ4n) is 2.49. The second-order valence-electron chi connectivity index (χ2n) is 6.03. The Balaban J connectivity index is 1.73. The number of benzene rings is 2. The van der Waals surface area contributed by atoms with Crippen molar-refractivity contribution in [2.75, 3.05) is 23.0 Å². The van der Waals surface area contributed by atoms with Gasteiger partial charge in [-0.1, -0.05) is 6.07 Å². The number of nitrogens with zero attached hydrogens (tertiary/aromatic N) is 2. The van der Waals surface area contributed by atoms with Gasteiger partial charge in [0.1, 0.15) is 18.0 Å². The number of anilines is 5. The Kier molecular flexibility index (Phi) is 6.05. The highest BCUT2D eigenvalue weighted by atomic mass is 32.2. The zero-order valence-electron chi connectivity index (χ0n) is 15.8. The van der Waals surface area contributed by atoms with Crippen LogP contribution in [0.2, 0.25) is 0 Å². The molecule has 1 heterocycles. The molecule has 1 aromatic heterocycles. The summed E-state index contributed by atoms with van der Waals surface area (Å²) in [6.07, 6.45) is 1.39. The van der Waals surface area contributed by atoms with E-state index in [4.69, 9.17) is 0 Å². The molecule has 0 saturated carbocycles. The third-order valence-corrected chi connectivity index (χ3v) is 5.24. The minimum absolute atomic E-state index is 0.135. The van der Waals surface area contributed by atoms with E-state index in [0.29, 0.717) is 23.0 Å². The number of carbonyl (C=O) groups excluding carboxylic acids is 1. The van der Waals surface area contributed by atoms with Crippen molar-refractivity contribution in [3.05, 3.63) is 60.9 Å². The maximum atomic E-state index is 11.9. The molecule has 0 radical (unpaired) electrons. The van der Waals surface area contributed by atoms with Crippen LogP contribution in [0.25, 0.3) is 0 Å². The third kappa shape index (κ3) is 5.50. The molecule has 9 nitrogen and oxygen atoms in total. The molecule has 0 bridgehead atoms. The summed E-state index contributed by atoms with van der Waals surface area (Å²) in [5.41, 5.74) is 2.06. The van der Waals surface area contributed by atoms with Crippen LogP contribution in [0.1, 0.15) is 6.92 Å². The third-order valence-electron chi connectivity index (χ3n) is 3.83. The fourth-order valence-corrected chi connectivity index (χ4v) is 3.26. The molecule has 4 N–H and O–H groups in total. The van der Waals surface area contributed by atoms with E-state index in [-0.39, 0.29) is 10.8 Å². The highest BCUT2D eigenvalue weighted by Crippen LogP contribution is 2.22. The van der Waals surface area contributed by atoms with Gasteiger partial charge in [-0.15, -0.1) is 0 Å². The topological polar surface area (TPSA) is 125 Å². The molecule has 2 aromatic carbocycles. The number of hydrogen-bond acceptors (Lipinski definition) is 7. The van der Waals surface area contributed by atoms with Crippen molar-refractivity contribution in [1.29, 1.82) is 0 Å². The van der Waals surface area contributed by atoms with Gasteiger partial charge in [0, 0.05) is 30.1 Å². The molecule has 0 atom stereocenters. The van der Waals surface area contributed by atoms with Gasteiger partial charge in [-0.2, -0.15) is 0 Å². The standard InChI is InChI=1S/C19H20N6O3S/c1-13(26)23-14-6-8-15(9-7-14)24-18-11-19(22-12-21-18)25-16-4-3-5-17(10-16)29(27,28)20-2/h3-12,20H,1-2H3,(H,23,26)(H2,21,22,24,25). The van der Waals surface area contributed by atoms with E-state index in [2.05, 4.69) is 30.6 Å². The van der Waals surface area contributed by atoms with E-state index in [1.807, 2.05) is 12.1 Å². The van der Waals surface area contributed by atoms with Crippen LogP contribution in [0.4, 0.5) is 28.7 Å². The number of amides is 1. The Morgan fingerprint density at radius 2 is 1.48 bits per heavy atom. The monoisotopic (exact) mass is 412 g/mol. The zero-order valence-corrected chi connectivity index (χ0v) is 16.6. The number of sulfonamides is 1. The maximum Gasteiger partial charge on any atom is 0.240 e. The molecule has 1 amide bonds. The fraction of sp³-hybridized carbons (Fsp3) is 0.105. The first-order chi connectivity index (χ1) is 13.9. The van der Waals surface area contributed by atoms with E-state index >= 15 is 0 Å². The maximum absolute atomic E-state index is 11.9. The first kappa shape index (κ1) is 20.2. The molecule has 0 unspecified atom stereocenters. The summed E-state index contributed by atoms with van der Waals surface area (Å²) >= 11 is 0. The number of rotatable bonds is 7. The van der Waals surface area contributed by atoms with Crippen LogP contribution in [0.3, 0.4) is 0 Å². The molecule has 0 aliphatic carbocycles. The van der Waals surface area contributed by atoms with Crippen molar-refractivity contribution in [2.24, 2.45) is 0 Å². The minimum Gasteiger partial charge on any atom is -0.340 e. The minimum atomic E-state index is -3.53. The van der Waals surface area contributed by atoms with Gasteiger partial charge in [0.05, 0.1) is 4.90 Å². The number of hydrogen-bond donors (Lipinski definition) is 4. The van der Waals surface area contributed by atoms with Gasteiger partial charge in [0.25, 0.3) is 0 Å². The highest BCUT2D eigenvalue weighted by molar-refractivity contribution is 7.89. The molecule has 3 aromatic rings. The second kappa shape index (κ2) is 8.67. The van der Waals surface area contributed by atoms with Gasteiger partial charge in [-0.3, -0.25) is 4.79 Å². The summed E-state index contributed by atoms with van der Waals surface area (Å²) in [5.74, 6) is 0.911. The van der Waals surface area contributed by atoms with Crippen molar-refractivity contribution in [3.63, 3.8) is 0 Å². The average Bonchev–Trinajstić information content (AvgIpc) is 2.70. The Labute approximate surface area is 168 Å². The molecular weight excluding hydrogens is 392 g/mol. The smallest absolute Gasteiger partial charge is 0.240 e. The molecule has 0 aliphatic rings. The summed E-state index contributed by atoms with van der Waals surface area (Å²) in [6.45, 7) is 1.45. The first-order valence-corrected chi connectivity index (χ1v) is 10.1. The van der Waals surface area contributed by atoms with Gasteiger partial charge in [-0.05, 0) is 49.5 Å². The van der Waals surface area contributed by atoms with E-state index < -0.39 is 10.0 Å². The molecule has 10 heteroatoms. The summed E-state index contributed by atoms with van der Waals surface area (Å²) in [4.78, 5) is 19.6. The Morgan fingerprint density at radius 3 is 2.10 bits per heavy atom. The largest absolute Gasteiger partial charge is 0.340 e. The van der Waals surface area contributed by atoms with Crippen LogP contribution in [-0.4, -0.2) is 31.3 Å². The molecule has 29 heavy (non-hydrogen) atoms. The van der Waals surface area contributed by atoms with Crippen LogP contribution in [-0.2, 0) is 14.8 Å². The Hall–Kier alpha value is -3.50. The van der Waals surface area contributed by atoms with Gasteiger partial charge < -0.3 is 16.0 Å². The molecular formula is C19H20N6O3S. The van der Waals surface area contributed by atoms with Crippen molar-refractivity contribution >= 4 is 44.6 Å². The van der Waals surface area contributed by atoms with Crippen LogP contribution in [0.15, 0.2) is 65.8 Å². The number of nitrogens with one attached hydrogen (secondary N) is 4. The highest BCUT2D eigenvalue weighted by Gasteiger charge is 2.11. The van der Waals surface area contributed by atoms with Crippen molar-refractivity contribution in [3.8, 4) is 0 Å². The number of aromatic nitrogens is 2. The van der Waals surface area contributed by atoms with E-state index in [1.165, 1.54) is 32.4 Å². The molecule has 0 saturated heterocycles. The predicted molar refractivity (Wildman–Crippen MR) is 112 cm³/mol. The number of carbonyl (C=O) groups is 1.